The van der Waals surface area contributed by atoms with E-state index in [1.54, 1.807) is 42.5 Å². The van der Waals surface area contributed by atoms with Gasteiger partial charge in [-0.2, -0.15) is 0 Å². The second kappa shape index (κ2) is 5.27. The average Bonchev–Trinajstić information content (AvgIpc) is 2.91. The van der Waals surface area contributed by atoms with Crippen LogP contribution in [0, 0.1) is 0 Å². The molecule has 1 atom stereocenters. The van der Waals surface area contributed by atoms with Crippen LogP contribution in [0.4, 0.5) is 0 Å². The summed E-state index contributed by atoms with van der Waals surface area (Å²) in [5.41, 5.74) is 0.611. The summed E-state index contributed by atoms with van der Waals surface area (Å²) in [6, 6.07) is 10.4. The van der Waals surface area contributed by atoms with Gasteiger partial charge < -0.3 is 9.32 Å². The number of carbonyl (C=O) groups is 1. The zero-order valence-corrected chi connectivity index (χ0v) is 11.0. The molecule has 2 aromatic rings. The Morgan fingerprint density at radius 2 is 1.94 bits per heavy atom. The normalized spacial score (nSPS) is 12.2. The highest BCUT2D eigenvalue weighted by atomic mass is 35.5. The van der Waals surface area contributed by atoms with E-state index >= 15 is 0 Å². The highest BCUT2D eigenvalue weighted by Crippen LogP contribution is 2.21. The van der Waals surface area contributed by atoms with Gasteiger partial charge in [0.05, 0.1) is 12.3 Å². The first kappa shape index (κ1) is 12.7. The highest BCUT2D eigenvalue weighted by molar-refractivity contribution is 6.30. The van der Waals surface area contributed by atoms with Gasteiger partial charge in [-0.25, -0.2) is 0 Å². The number of nitrogens with zero attached hydrogens (tertiary/aromatic N) is 1. The number of benzene rings is 1. The van der Waals surface area contributed by atoms with Gasteiger partial charge >= 0.3 is 0 Å². The fraction of sp³-hybridized carbons (Fsp3) is 0.214. The molecule has 3 nitrogen and oxygen atoms in total. The highest BCUT2D eigenvalue weighted by Gasteiger charge is 2.20. The summed E-state index contributed by atoms with van der Waals surface area (Å²) < 4.78 is 5.31. The second-order valence-corrected chi connectivity index (χ2v) is 4.55. The minimum atomic E-state index is -0.108. The third-order valence-corrected chi connectivity index (χ3v) is 3.20. The van der Waals surface area contributed by atoms with Crippen molar-refractivity contribution in [1.82, 2.24) is 4.90 Å². The van der Waals surface area contributed by atoms with Crippen LogP contribution in [-0.2, 0) is 0 Å². The predicted octanol–water partition coefficient (Wildman–Crippen LogP) is 3.77. The van der Waals surface area contributed by atoms with Crippen molar-refractivity contribution >= 4 is 17.5 Å². The number of hydrogen-bond acceptors (Lipinski definition) is 2. The van der Waals surface area contributed by atoms with Gasteiger partial charge in [-0.1, -0.05) is 11.6 Å². The summed E-state index contributed by atoms with van der Waals surface area (Å²) in [5.74, 6) is 0.704. The Bertz CT molecular complexity index is 519. The van der Waals surface area contributed by atoms with Crippen molar-refractivity contribution in [2.24, 2.45) is 0 Å². The van der Waals surface area contributed by atoms with Crippen LogP contribution in [0.5, 0.6) is 0 Å². The van der Waals surface area contributed by atoms with E-state index in [0.29, 0.717) is 10.6 Å². The molecule has 4 heteroatoms. The number of carbonyl (C=O) groups excluding carboxylic acids is 1. The van der Waals surface area contributed by atoms with Crippen molar-refractivity contribution in [2.45, 2.75) is 13.0 Å². The largest absolute Gasteiger partial charge is 0.467 e. The van der Waals surface area contributed by atoms with Gasteiger partial charge in [-0.3, -0.25) is 4.79 Å². The summed E-state index contributed by atoms with van der Waals surface area (Å²) >= 11 is 5.80. The fourth-order valence-electron chi connectivity index (χ4n) is 1.69. The van der Waals surface area contributed by atoms with E-state index in [1.807, 2.05) is 19.1 Å². The lowest BCUT2D eigenvalue weighted by molar-refractivity contribution is 0.0726. The van der Waals surface area contributed by atoms with Gasteiger partial charge in [0.25, 0.3) is 5.91 Å². The standard InChI is InChI=1S/C14H14ClNO2/c1-10(13-4-3-9-18-13)16(2)14(17)11-5-7-12(15)8-6-11/h3-10H,1-2H3. The van der Waals surface area contributed by atoms with Gasteiger partial charge in [-0.15, -0.1) is 0 Å². The molecule has 0 aliphatic rings. The van der Waals surface area contributed by atoms with Crippen molar-refractivity contribution in [3.05, 3.63) is 59.0 Å². The van der Waals surface area contributed by atoms with Crippen molar-refractivity contribution in [3.8, 4) is 0 Å². The van der Waals surface area contributed by atoms with Gasteiger partial charge in [0.15, 0.2) is 0 Å². The van der Waals surface area contributed by atoms with Crippen molar-refractivity contribution in [3.63, 3.8) is 0 Å². The molecule has 1 unspecified atom stereocenters. The number of amides is 1. The number of rotatable bonds is 3. The summed E-state index contributed by atoms with van der Waals surface area (Å²) in [5, 5.41) is 0.619. The maximum absolute atomic E-state index is 12.2. The smallest absolute Gasteiger partial charge is 0.254 e. The minimum Gasteiger partial charge on any atom is -0.467 e. The molecule has 0 aliphatic heterocycles. The van der Waals surface area contributed by atoms with Crippen LogP contribution in [0.1, 0.15) is 29.1 Å². The van der Waals surface area contributed by atoms with E-state index in [1.165, 1.54) is 0 Å². The molecular formula is C14H14ClNO2. The lowest BCUT2D eigenvalue weighted by Crippen LogP contribution is -2.29. The van der Waals surface area contributed by atoms with E-state index in [0.717, 1.165) is 5.76 Å². The first-order chi connectivity index (χ1) is 8.59. The molecule has 1 aromatic heterocycles. The average molecular weight is 264 g/mol. The first-order valence-electron chi connectivity index (χ1n) is 5.65. The van der Waals surface area contributed by atoms with Crippen molar-refractivity contribution < 1.29 is 9.21 Å². The zero-order valence-electron chi connectivity index (χ0n) is 10.3. The molecule has 0 spiro atoms. The molecule has 0 N–H and O–H groups in total. The lowest BCUT2D eigenvalue weighted by Gasteiger charge is -2.23. The summed E-state index contributed by atoms with van der Waals surface area (Å²) in [4.78, 5) is 13.9. The summed E-state index contributed by atoms with van der Waals surface area (Å²) in [6.45, 7) is 1.92. The fourth-order valence-corrected chi connectivity index (χ4v) is 1.82. The van der Waals surface area contributed by atoms with Crippen LogP contribution in [0.15, 0.2) is 47.1 Å². The Hall–Kier alpha value is -1.74. The first-order valence-corrected chi connectivity index (χ1v) is 6.03. The Balaban J connectivity index is 2.16. The van der Waals surface area contributed by atoms with Gasteiger partial charge in [-0.05, 0) is 43.3 Å². The minimum absolute atomic E-state index is 0.0597. The summed E-state index contributed by atoms with van der Waals surface area (Å²) in [7, 11) is 1.75. The van der Waals surface area contributed by atoms with Crippen LogP contribution >= 0.6 is 11.6 Å². The second-order valence-electron chi connectivity index (χ2n) is 4.11. The topological polar surface area (TPSA) is 33.5 Å². The van der Waals surface area contributed by atoms with Gasteiger partial charge in [0.1, 0.15) is 5.76 Å². The number of furan rings is 1. The van der Waals surface area contributed by atoms with Crippen LogP contribution < -0.4 is 0 Å². The third-order valence-electron chi connectivity index (χ3n) is 2.95. The molecule has 1 aromatic carbocycles. The van der Waals surface area contributed by atoms with Crippen LogP contribution in [0.3, 0.4) is 0 Å². The Kier molecular flexibility index (Phi) is 3.72. The molecule has 0 saturated heterocycles. The Morgan fingerprint density at radius 3 is 2.50 bits per heavy atom. The van der Waals surface area contributed by atoms with E-state index in [-0.39, 0.29) is 11.9 Å². The lowest BCUT2D eigenvalue weighted by atomic mass is 10.1. The zero-order chi connectivity index (χ0) is 13.1. The summed E-state index contributed by atoms with van der Waals surface area (Å²) in [6.07, 6.45) is 1.60. The third kappa shape index (κ3) is 2.57. The molecule has 94 valence electrons. The molecule has 0 saturated carbocycles. The SMILES string of the molecule is CC(c1ccco1)N(C)C(=O)c1ccc(Cl)cc1. The molecule has 1 heterocycles. The molecule has 0 aliphatic carbocycles. The van der Waals surface area contributed by atoms with Crippen molar-refractivity contribution in [1.29, 1.82) is 0 Å². The van der Waals surface area contributed by atoms with E-state index in [9.17, 15) is 4.79 Å². The van der Waals surface area contributed by atoms with Crippen LogP contribution in [0.25, 0.3) is 0 Å². The maximum Gasteiger partial charge on any atom is 0.254 e. The number of hydrogen-bond donors (Lipinski definition) is 0. The maximum atomic E-state index is 12.2. The Morgan fingerprint density at radius 1 is 1.28 bits per heavy atom. The van der Waals surface area contributed by atoms with Gasteiger partial charge in [0.2, 0.25) is 0 Å². The molecule has 0 bridgehead atoms. The quantitative estimate of drug-likeness (QED) is 0.845. The van der Waals surface area contributed by atoms with E-state index < -0.39 is 0 Å². The molecule has 2 rings (SSSR count). The van der Waals surface area contributed by atoms with E-state index in [2.05, 4.69) is 0 Å². The predicted molar refractivity (Wildman–Crippen MR) is 70.7 cm³/mol. The number of halogens is 1. The molecule has 0 fully saturated rings. The molecule has 0 radical (unpaired) electrons. The van der Waals surface area contributed by atoms with Gasteiger partial charge in [0, 0.05) is 17.6 Å². The van der Waals surface area contributed by atoms with Crippen molar-refractivity contribution in [2.75, 3.05) is 7.05 Å². The van der Waals surface area contributed by atoms with Crippen LogP contribution in [0.2, 0.25) is 5.02 Å². The van der Waals surface area contributed by atoms with E-state index in [4.69, 9.17) is 16.0 Å². The van der Waals surface area contributed by atoms with Crippen LogP contribution in [-0.4, -0.2) is 17.9 Å². The monoisotopic (exact) mass is 263 g/mol. The Labute approximate surface area is 111 Å². The molecular weight excluding hydrogens is 250 g/mol. The molecule has 1 amide bonds. The molecule has 18 heavy (non-hydrogen) atoms.